The zero-order chi connectivity index (χ0) is 12.6. The summed E-state index contributed by atoms with van der Waals surface area (Å²) in [6, 6.07) is 8.63. The molecule has 0 saturated heterocycles. The lowest BCUT2D eigenvalue weighted by Gasteiger charge is -2.04. The predicted molar refractivity (Wildman–Crippen MR) is 67.4 cm³/mol. The maximum Gasteiger partial charge on any atom is 0.261 e. The Morgan fingerprint density at radius 1 is 1.24 bits per heavy atom. The van der Waals surface area contributed by atoms with Crippen LogP contribution in [0.1, 0.15) is 5.56 Å². The second kappa shape index (κ2) is 4.20. The van der Waals surface area contributed by atoms with Crippen LogP contribution in [0.2, 0.25) is 0 Å². The number of hydrogen-bond acceptors (Lipinski definition) is 3. The zero-order valence-electron chi connectivity index (χ0n) is 9.40. The first kappa shape index (κ1) is 12.2. The fourth-order valence-electron chi connectivity index (χ4n) is 1.92. The van der Waals surface area contributed by atoms with Crippen molar-refractivity contribution < 1.29 is 13.2 Å². The molecule has 0 N–H and O–H groups in total. The van der Waals surface area contributed by atoms with Crippen molar-refractivity contribution in [2.24, 2.45) is 0 Å². The van der Waals surface area contributed by atoms with Crippen LogP contribution in [0, 0.1) is 6.92 Å². The fraction of sp³-hybridized carbons (Fsp3) is 0.167. The van der Waals surface area contributed by atoms with Gasteiger partial charge in [0.05, 0.1) is 12.0 Å². The average Bonchev–Trinajstić information content (AvgIpc) is 2.47. The molecule has 0 unspecified atom stereocenters. The molecule has 0 heterocycles. The van der Waals surface area contributed by atoms with Gasteiger partial charge in [0.2, 0.25) is 0 Å². The number of hydrogen-bond donors (Lipinski definition) is 0. The largest absolute Gasteiger partial charge is 0.496 e. The summed E-state index contributed by atoms with van der Waals surface area (Å²) in [6.45, 7) is 1.83. The van der Waals surface area contributed by atoms with Crippen molar-refractivity contribution in [1.29, 1.82) is 0 Å². The number of methoxy groups -OCH3 is 1. The molecule has 0 atom stereocenters. The maximum absolute atomic E-state index is 11.5. The third-order valence-corrected chi connectivity index (χ3v) is 3.99. The van der Waals surface area contributed by atoms with Gasteiger partial charge in [0, 0.05) is 21.8 Å². The lowest BCUT2D eigenvalue weighted by atomic mass is 10.1. The Kier molecular flexibility index (Phi) is 3.02. The van der Waals surface area contributed by atoms with Crippen LogP contribution in [-0.2, 0) is 9.05 Å². The minimum atomic E-state index is -3.75. The zero-order valence-corrected chi connectivity index (χ0v) is 11.0. The molecule has 0 radical (unpaired) electrons. The van der Waals surface area contributed by atoms with Gasteiger partial charge in [-0.15, -0.1) is 0 Å². The first-order valence-electron chi connectivity index (χ1n) is 4.96. The molecule has 0 saturated carbocycles. The minimum Gasteiger partial charge on any atom is -0.496 e. The molecule has 17 heavy (non-hydrogen) atoms. The molecule has 0 aliphatic heterocycles. The summed E-state index contributed by atoms with van der Waals surface area (Å²) in [5, 5.41) is 0. The van der Waals surface area contributed by atoms with Crippen molar-refractivity contribution >= 4 is 19.7 Å². The van der Waals surface area contributed by atoms with Crippen LogP contribution in [0.15, 0.2) is 35.2 Å². The average molecular weight is 271 g/mol. The van der Waals surface area contributed by atoms with Crippen LogP contribution >= 0.6 is 10.7 Å². The third-order valence-electron chi connectivity index (χ3n) is 2.63. The fourth-order valence-corrected chi connectivity index (χ4v) is 3.06. The van der Waals surface area contributed by atoms with Crippen LogP contribution in [0.4, 0.5) is 0 Å². The van der Waals surface area contributed by atoms with Crippen LogP contribution < -0.4 is 4.74 Å². The highest BCUT2D eigenvalue weighted by molar-refractivity contribution is 8.13. The summed E-state index contributed by atoms with van der Waals surface area (Å²) in [7, 11) is 3.23. The summed E-state index contributed by atoms with van der Waals surface area (Å²) >= 11 is 0. The highest BCUT2D eigenvalue weighted by Gasteiger charge is 2.23. The number of fused-ring (bicyclic) bond motifs is 1. The van der Waals surface area contributed by atoms with Crippen molar-refractivity contribution in [2.75, 3.05) is 7.11 Å². The molecular weight excluding hydrogens is 260 g/mol. The summed E-state index contributed by atoms with van der Waals surface area (Å²) in [6.07, 6.45) is 0. The van der Waals surface area contributed by atoms with Gasteiger partial charge in [-0.05, 0) is 24.6 Å². The highest BCUT2D eigenvalue weighted by atomic mass is 35.7. The minimum absolute atomic E-state index is 0.126. The van der Waals surface area contributed by atoms with E-state index in [0.717, 1.165) is 11.1 Å². The molecule has 2 aliphatic rings. The summed E-state index contributed by atoms with van der Waals surface area (Å²) < 4.78 is 28.2. The van der Waals surface area contributed by atoms with E-state index in [1.165, 1.54) is 0 Å². The van der Waals surface area contributed by atoms with Gasteiger partial charge in [0.1, 0.15) is 5.75 Å². The van der Waals surface area contributed by atoms with Gasteiger partial charge in [0.25, 0.3) is 9.05 Å². The van der Waals surface area contributed by atoms with Crippen molar-refractivity contribution in [2.45, 2.75) is 11.8 Å². The van der Waals surface area contributed by atoms with Crippen molar-refractivity contribution in [3.05, 3.63) is 35.9 Å². The smallest absolute Gasteiger partial charge is 0.261 e. The Labute approximate surface area is 105 Å². The van der Waals surface area contributed by atoms with Gasteiger partial charge in [-0.3, -0.25) is 0 Å². The van der Waals surface area contributed by atoms with Crippen LogP contribution in [0.3, 0.4) is 0 Å². The molecule has 0 aromatic heterocycles. The molecule has 5 heteroatoms. The van der Waals surface area contributed by atoms with Gasteiger partial charge < -0.3 is 4.74 Å². The number of aryl methyl sites for hydroxylation is 1. The molecule has 0 amide bonds. The molecule has 0 spiro atoms. The molecule has 2 aliphatic carbocycles. The first-order chi connectivity index (χ1) is 7.95. The Bertz CT molecular complexity index is 635. The Hall–Kier alpha value is -1.26. The van der Waals surface area contributed by atoms with E-state index in [1.54, 1.807) is 37.4 Å². The molecule has 0 aromatic carbocycles. The molecule has 90 valence electrons. The van der Waals surface area contributed by atoms with Gasteiger partial charge in [-0.1, -0.05) is 18.2 Å². The summed E-state index contributed by atoms with van der Waals surface area (Å²) in [4.78, 5) is 0.126. The van der Waals surface area contributed by atoms with Crippen molar-refractivity contribution in [3.63, 3.8) is 0 Å². The number of halogens is 1. The van der Waals surface area contributed by atoms with Gasteiger partial charge in [-0.25, -0.2) is 8.42 Å². The van der Waals surface area contributed by atoms with E-state index in [4.69, 9.17) is 15.4 Å². The van der Waals surface area contributed by atoms with Crippen molar-refractivity contribution in [3.8, 4) is 16.9 Å². The van der Waals surface area contributed by atoms with E-state index >= 15 is 0 Å². The second-order valence-corrected chi connectivity index (χ2v) is 6.24. The molecule has 2 rings (SSSR count). The topological polar surface area (TPSA) is 43.4 Å². The summed E-state index contributed by atoms with van der Waals surface area (Å²) in [5.74, 6) is 0.633. The lowest BCUT2D eigenvalue weighted by Crippen LogP contribution is -1.90. The SMILES string of the molecule is COc1ccccc2c(S(=O)(=O)Cl)cc(C)c1-2. The van der Waals surface area contributed by atoms with E-state index in [9.17, 15) is 8.42 Å². The van der Waals surface area contributed by atoms with Crippen molar-refractivity contribution in [1.82, 2.24) is 0 Å². The second-order valence-electron chi connectivity index (χ2n) is 3.70. The molecule has 3 nitrogen and oxygen atoms in total. The van der Waals surface area contributed by atoms with Gasteiger partial charge in [-0.2, -0.15) is 0 Å². The third kappa shape index (κ3) is 2.10. The van der Waals surface area contributed by atoms with Crippen LogP contribution in [0.5, 0.6) is 5.75 Å². The van der Waals surface area contributed by atoms with E-state index < -0.39 is 9.05 Å². The van der Waals surface area contributed by atoms with E-state index in [0.29, 0.717) is 11.3 Å². The highest BCUT2D eigenvalue weighted by Crippen LogP contribution is 2.41. The Morgan fingerprint density at radius 3 is 2.47 bits per heavy atom. The lowest BCUT2D eigenvalue weighted by molar-refractivity contribution is 0.416. The predicted octanol–water partition coefficient (Wildman–Crippen LogP) is 3.04. The van der Waals surface area contributed by atoms with E-state index in [1.807, 2.05) is 6.92 Å². The molecular formula is C12H11ClO3S. The Morgan fingerprint density at radius 2 is 1.88 bits per heavy atom. The number of rotatable bonds is 2. The standard InChI is InChI=1S/C12H11ClO3S/c1-8-7-11(17(13,14)15)9-5-3-4-6-10(16-2)12(8)9/h3-7H,1-2H3. The van der Waals surface area contributed by atoms with Gasteiger partial charge in [0.15, 0.2) is 0 Å². The quantitative estimate of drug-likeness (QED) is 0.788. The normalized spacial score (nSPS) is 11.7. The molecule has 0 bridgehead atoms. The maximum atomic E-state index is 11.5. The Balaban J connectivity index is 2.86. The first-order valence-corrected chi connectivity index (χ1v) is 7.27. The van der Waals surface area contributed by atoms with Crippen LogP contribution in [-0.4, -0.2) is 15.5 Å². The number of ether oxygens (including phenoxy) is 1. The monoisotopic (exact) mass is 270 g/mol. The van der Waals surface area contributed by atoms with E-state index in [-0.39, 0.29) is 4.90 Å². The van der Waals surface area contributed by atoms with Crippen LogP contribution in [0.25, 0.3) is 11.1 Å². The molecule has 0 fully saturated rings. The molecule has 0 aromatic rings. The van der Waals surface area contributed by atoms with Gasteiger partial charge >= 0.3 is 0 Å². The van der Waals surface area contributed by atoms with E-state index in [2.05, 4.69) is 0 Å². The summed E-state index contributed by atoms with van der Waals surface area (Å²) in [5.41, 5.74) is 2.18.